The first-order valence-electron chi connectivity index (χ1n) is 8.53. The van der Waals surface area contributed by atoms with E-state index in [0.29, 0.717) is 16.7 Å². The summed E-state index contributed by atoms with van der Waals surface area (Å²) >= 11 is 3.04. The van der Waals surface area contributed by atoms with Gasteiger partial charge >= 0.3 is 0 Å². The first-order valence-corrected chi connectivity index (χ1v) is 10.2. The van der Waals surface area contributed by atoms with E-state index < -0.39 is 0 Å². The molecule has 2 atom stereocenters. The molecule has 1 fully saturated rings. The maximum atomic E-state index is 12.2. The van der Waals surface area contributed by atoms with E-state index in [-0.39, 0.29) is 16.9 Å². The van der Waals surface area contributed by atoms with Crippen molar-refractivity contribution < 1.29 is 4.74 Å². The number of rotatable bonds is 6. The fraction of sp³-hybridized carbons (Fsp3) is 0.412. The third-order valence-corrected chi connectivity index (χ3v) is 6.28. The fourth-order valence-corrected chi connectivity index (χ4v) is 4.80. The lowest BCUT2D eigenvalue weighted by molar-refractivity contribution is 0.120. The molecule has 0 bridgehead atoms. The summed E-state index contributed by atoms with van der Waals surface area (Å²) in [6.07, 6.45) is 2.48. The highest BCUT2D eigenvalue weighted by Gasteiger charge is 2.17. The normalized spacial score (nSPS) is 18.3. The second-order valence-corrected chi connectivity index (χ2v) is 8.68. The summed E-state index contributed by atoms with van der Waals surface area (Å²) in [5.41, 5.74) is 0.587. The molecule has 0 saturated carbocycles. The fourth-order valence-electron chi connectivity index (χ4n) is 2.84. The summed E-state index contributed by atoms with van der Waals surface area (Å²) < 4.78 is 6.43. The number of H-pyrrole nitrogens is 1. The van der Waals surface area contributed by atoms with Gasteiger partial charge in [-0.25, -0.2) is 4.98 Å². The summed E-state index contributed by atoms with van der Waals surface area (Å²) in [7, 11) is 0. The van der Waals surface area contributed by atoms with Gasteiger partial charge in [0.2, 0.25) is 5.13 Å². The zero-order valence-corrected chi connectivity index (χ0v) is 15.9. The van der Waals surface area contributed by atoms with E-state index in [1.807, 2.05) is 25.1 Å². The molecule has 1 aliphatic rings. The molecule has 9 heteroatoms. The molecule has 3 heterocycles. The number of aromatic amines is 1. The molecule has 26 heavy (non-hydrogen) atoms. The highest BCUT2D eigenvalue weighted by molar-refractivity contribution is 8.01. The Labute approximate surface area is 158 Å². The van der Waals surface area contributed by atoms with Gasteiger partial charge < -0.3 is 15.0 Å². The lowest BCUT2D eigenvalue weighted by Crippen LogP contribution is -2.18. The maximum Gasteiger partial charge on any atom is 0.258 e. The van der Waals surface area contributed by atoms with Crippen LogP contribution in [0.5, 0.6) is 0 Å². The van der Waals surface area contributed by atoms with Crippen LogP contribution in [0.1, 0.15) is 30.8 Å². The van der Waals surface area contributed by atoms with Gasteiger partial charge in [-0.15, -0.1) is 10.2 Å². The van der Waals surface area contributed by atoms with Crippen LogP contribution in [0.2, 0.25) is 0 Å². The molecule has 0 amide bonds. The van der Waals surface area contributed by atoms with E-state index in [0.717, 1.165) is 35.5 Å². The van der Waals surface area contributed by atoms with Crippen LogP contribution in [0.25, 0.3) is 10.9 Å². The zero-order valence-electron chi connectivity index (χ0n) is 14.3. The second-order valence-electron chi connectivity index (χ2n) is 6.12. The van der Waals surface area contributed by atoms with Gasteiger partial charge in [0.15, 0.2) is 4.34 Å². The van der Waals surface area contributed by atoms with Crippen molar-refractivity contribution in [1.82, 2.24) is 20.2 Å². The predicted molar refractivity (Wildman–Crippen MR) is 104 cm³/mol. The SMILES string of the molecule is C[C@H](Sc1nnc(NC[C@H]2CCCO2)s1)c1nc2ccccc2c(=O)[nH]1. The first-order chi connectivity index (χ1) is 12.7. The average Bonchev–Trinajstić information content (AvgIpc) is 3.31. The van der Waals surface area contributed by atoms with Crippen molar-refractivity contribution in [2.24, 2.45) is 0 Å². The summed E-state index contributed by atoms with van der Waals surface area (Å²) in [6.45, 7) is 3.60. The Kier molecular flexibility index (Phi) is 5.18. The van der Waals surface area contributed by atoms with Gasteiger partial charge in [-0.05, 0) is 31.9 Å². The largest absolute Gasteiger partial charge is 0.376 e. The number of ether oxygens (including phenoxy) is 1. The summed E-state index contributed by atoms with van der Waals surface area (Å²) in [4.78, 5) is 19.7. The monoisotopic (exact) mass is 389 g/mol. The second kappa shape index (κ2) is 7.73. The van der Waals surface area contributed by atoms with Crippen molar-refractivity contribution in [3.63, 3.8) is 0 Å². The van der Waals surface area contributed by atoms with E-state index >= 15 is 0 Å². The number of nitrogens with zero attached hydrogens (tertiary/aromatic N) is 3. The Morgan fingerprint density at radius 2 is 2.31 bits per heavy atom. The number of hydrogen-bond donors (Lipinski definition) is 2. The molecule has 1 aromatic carbocycles. The van der Waals surface area contributed by atoms with Gasteiger partial charge in [0, 0.05) is 13.2 Å². The smallest absolute Gasteiger partial charge is 0.258 e. The summed E-state index contributed by atoms with van der Waals surface area (Å²) in [5, 5.41) is 13.0. The Balaban J connectivity index is 1.43. The van der Waals surface area contributed by atoms with Crippen LogP contribution in [0.3, 0.4) is 0 Å². The van der Waals surface area contributed by atoms with E-state index in [4.69, 9.17) is 4.74 Å². The molecule has 0 unspecified atom stereocenters. The third-order valence-electron chi connectivity index (χ3n) is 4.21. The Morgan fingerprint density at radius 3 is 3.15 bits per heavy atom. The Hall–Kier alpha value is -1.97. The third kappa shape index (κ3) is 3.89. The van der Waals surface area contributed by atoms with Crippen LogP contribution in [-0.2, 0) is 4.74 Å². The van der Waals surface area contributed by atoms with Crippen LogP contribution in [0.15, 0.2) is 33.4 Å². The number of thioether (sulfide) groups is 1. The maximum absolute atomic E-state index is 12.2. The number of benzene rings is 1. The molecule has 3 aromatic rings. The van der Waals surface area contributed by atoms with Gasteiger partial charge in [0.05, 0.1) is 22.3 Å². The minimum Gasteiger partial charge on any atom is -0.376 e. The minimum absolute atomic E-state index is 0.0359. The van der Waals surface area contributed by atoms with Crippen molar-refractivity contribution in [2.45, 2.75) is 35.5 Å². The predicted octanol–water partition coefficient (Wildman–Crippen LogP) is 3.22. The molecule has 2 aromatic heterocycles. The quantitative estimate of drug-likeness (QED) is 0.625. The summed E-state index contributed by atoms with van der Waals surface area (Å²) in [6, 6.07) is 7.35. The highest BCUT2D eigenvalue weighted by Crippen LogP contribution is 2.36. The lowest BCUT2D eigenvalue weighted by Gasteiger charge is -2.09. The standard InChI is InChI=1S/C17H19N5O2S2/c1-10(14-19-13-7-3-2-6-12(13)15(23)20-14)25-17-22-21-16(26-17)18-9-11-5-4-8-24-11/h2-3,6-7,10-11H,4-5,8-9H2,1H3,(H,18,21)(H,19,20,23)/t10-,11+/m0/s1. The van der Waals surface area contributed by atoms with Crippen molar-refractivity contribution in [1.29, 1.82) is 0 Å². The zero-order chi connectivity index (χ0) is 17.9. The topological polar surface area (TPSA) is 92.8 Å². The van der Waals surface area contributed by atoms with Crippen LogP contribution >= 0.6 is 23.1 Å². The van der Waals surface area contributed by atoms with Crippen LogP contribution < -0.4 is 10.9 Å². The average molecular weight is 390 g/mol. The van der Waals surface area contributed by atoms with Gasteiger partial charge in [0.25, 0.3) is 5.56 Å². The van der Waals surface area contributed by atoms with Crippen molar-refractivity contribution in [3.05, 3.63) is 40.4 Å². The molecule has 0 radical (unpaired) electrons. The number of aromatic nitrogens is 4. The lowest BCUT2D eigenvalue weighted by atomic mass is 10.2. The molecule has 0 spiro atoms. The van der Waals surface area contributed by atoms with E-state index in [9.17, 15) is 4.79 Å². The summed E-state index contributed by atoms with van der Waals surface area (Å²) in [5.74, 6) is 0.641. The van der Waals surface area contributed by atoms with E-state index in [2.05, 4.69) is 25.5 Å². The number of anilines is 1. The number of fused-ring (bicyclic) bond motifs is 1. The van der Waals surface area contributed by atoms with Crippen molar-refractivity contribution in [3.8, 4) is 0 Å². The molecule has 7 nitrogen and oxygen atoms in total. The van der Waals surface area contributed by atoms with Gasteiger partial charge in [0.1, 0.15) is 5.82 Å². The number of para-hydroxylation sites is 1. The van der Waals surface area contributed by atoms with Crippen LogP contribution in [0.4, 0.5) is 5.13 Å². The molecule has 4 rings (SSSR count). The molecule has 1 saturated heterocycles. The number of hydrogen-bond acceptors (Lipinski definition) is 8. The van der Waals surface area contributed by atoms with Crippen molar-refractivity contribution in [2.75, 3.05) is 18.5 Å². The van der Waals surface area contributed by atoms with Crippen LogP contribution in [-0.4, -0.2) is 39.4 Å². The number of nitrogens with one attached hydrogen (secondary N) is 2. The highest BCUT2D eigenvalue weighted by atomic mass is 32.2. The molecule has 0 aliphatic carbocycles. The van der Waals surface area contributed by atoms with Gasteiger partial charge in [-0.3, -0.25) is 4.79 Å². The Morgan fingerprint density at radius 1 is 1.42 bits per heavy atom. The van der Waals surface area contributed by atoms with E-state index in [1.54, 1.807) is 6.07 Å². The molecule has 1 aliphatic heterocycles. The minimum atomic E-state index is -0.116. The van der Waals surface area contributed by atoms with Crippen LogP contribution in [0, 0.1) is 0 Å². The molecule has 2 N–H and O–H groups in total. The molecule has 136 valence electrons. The molecular weight excluding hydrogens is 370 g/mol. The van der Waals surface area contributed by atoms with Gasteiger partial charge in [-0.1, -0.05) is 35.2 Å². The molecular formula is C17H19N5O2S2. The van der Waals surface area contributed by atoms with Crippen molar-refractivity contribution >= 4 is 39.1 Å². The Bertz CT molecular complexity index is 951. The van der Waals surface area contributed by atoms with E-state index in [1.165, 1.54) is 23.1 Å². The van der Waals surface area contributed by atoms with Gasteiger partial charge in [-0.2, -0.15) is 0 Å². The first kappa shape index (κ1) is 17.4.